The van der Waals surface area contributed by atoms with E-state index in [-0.39, 0.29) is 42.6 Å². The number of rotatable bonds is 5. The number of nitrogens with two attached hydrogens (primary N) is 1. The molecule has 0 atom stereocenters. The molecule has 0 amide bonds. The number of carbonyl (C=O) groups is 1. The number of esters is 1. The van der Waals surface area contributed by atoms with Crippen LogP contribution in [0.5, 0.6) is 5.75 Å². The fraction of sp³-hybridized carbons (Fsp3) is 0.300. The van der Waals surface area contributed by atoms with Crippen LogP contribution in [-0.2, 0) is 4.74 Å². The minimum absolute atomic E-state index is 0. The van der Waals surface area contributed by atoms with E-state index >= 15 is 0 Å². The third-order valence-electron chi connectivity index (χ3n) is 1.96. The van der Waals surface area contributed by atoms with E-state index in [1.165, 1.54) is 25.3 Å². The van der Waals surface area contributed by atoms with Gasteiger partial charge >= 0.3 is 5.97 Å². The lowest BCUT2D eigenvalue weighted by atomic mass is 10.2. The van der Waals surface area contributed by atoms with Crippen molar-refractivity contribution in [3.05, 3.63) is 33.9 Å². The zero-order valence-electron chi connectivity index (χ0n) is 9.62. The molecule has 0 bridgehead atoms. The van der Waals surface area contributed by atoms with Crippen molar-refractivity contribution in [2.45, 2.75) is 0 Å². The van der Waals surface area contributed by atoms with Crippen molar-refractivity contribution >= 4 is 24.1 Å². The minimum Gasteiger partial charge on any atom is -0.491 e. The summed E-state index contributed by atoms with van der Waals surface area (Å²) in [5.74, 6) is -0.525. The summed E-state index contributed by atoms with van der Waals surface area (Å²) in [6.45, 7) is 0.397. The molecule has 0 aliphatic heterocycles. The fourth-order valence-electron chi connectivity index (χ4n) is 1.19. The summed E-state index contributed by atoms with van der Waals surface area (Å²) in [6, 6.07) is 3.67. The number of nitrogens with zero attached hydrogens (tertiary/aromatic N) is 1. The maximum Gasteiger partial charge on any atom is 0.341 e. The molecule has 0 fully saturated rings. The van der Waals surface area contributed by atoms with Crippen molar-refractivity contribution in [1.29, 1.82) is 0 Å². The predicted molar refractivity (Wildman–Crippen MR) is 66.2 cm³/mol. The van der Waals surface area contributed by atoms with Crippen LogP contribution in [0, 0.1) is 10.1 Å². The Labute approximate surface area is 109 Å². The van der Waals surface area contributed by atoms with Gasteiger partial charge in [0, 0.05) is 12.6 Å². The molecule has 0 aliphatic rings. The topological polar surface area (TPSA) is 105 Å². The van der Waals surface area contributed by atoms with E-state index in [4.69, 9.17) is 10.5 Å². The van der Waals surface area contributed by atoms with Gasteiger partial charge in [0.25, 0.3) is 5.69 Å². The van der Waals surface area contributed by atoms with Gasteiger partial charge in [-0.1, -0.05) is 0 Å². The van der Waals surface area contributed by atoms with Crippen LogP contribution >= 0.6 is 12.4 Å². The van der Waals surface area contributed by atoms with Crippen LogP contribution in [0.4, 0.5) is 5.69 Å². The Hall–Kier alpha value is -1.86. The van der Waals surface area contributed by atoms with E-state index in [1.54, 1.807) is 0 Å². The molecule has 2 N–H and O–H groups in total. The third-order valence-corrected chi connectivity index (χ3v) is 1.96. The molecule has 0 heterocycles. The highest BCUT2D eigenvalue weighted by Gasteiger charge is 2.17. The molecule has 0 aromatic heterocycles. The van der Waals surface area contributed by atoms with Gasteiger partial charge in [-0.3, -0.25) is 10.1 Å². The molecule has 18 heavy (non-hydrogen) atoms. The summed E-state index contributed by atoms with van der Waals surface area (Å²) < 4.78 is 9.71. The largest absolute Gasteiger partial charge is 0.491 e. The maximum atomic E-state index is 11.4. The first-order valence-electron chi connectivity index (χ1n) is 4.79. The number of nitro benzene ring substituents is 1. The molecule has 1 aromatic rings. The summed E-state index contributed by atoms with van der Waals surface area (Å²) in [4.78, 5) is 21.4. The molecule has 0 aliphatic carbocycles. The normalized spacial score (nSPS) is 9.22. The van der Waals surface area contributed by atoms with E-state index in [9.17, 15) is 14.9 Å². The summed E-state index contributed by atoms with van der Waals surface area (Å²) in [7, 11) is 1.22. The summed E-state index contributed by atoms with van der Waals surface area (Å²) in [5, 5.41) is 10.6. The Balaban J connectivity index is 0.00000289. The zero-order chi connectivity index (χ0) is 12.8. The van der Waals surface area contributed by atoms with Crippen LogP contribution < -0.4 is 10.5 Å². The first-order chi connectivity index (χ1) is 8.10. The Bertz CT molecular complexity index is 438. The molecule has 1 aromatic carbocycles. The highest BCUT2D eigenvalue weighted by Crippen LogP contribution is 2.25. The van der Waals surface area contributed by atoms with E-state index in [2.05, 4.69) is 4.74 Å². The molecule has 0 spiro atoms. The minimum atomic E-state index is -0.619. The molecule has 0 saturated heterocycles. The fourth-order valence-corrected chi connectivity index (χ4v) is 1.19. The second-order valence-electron chi connectivity index (χ2n) is 3.07. The van der Waals surface area contributed by atoms with E-state index < -0.39 is 10.9 Å². The first kappa shape index (κ1) is 16.1. The van der Waals surface area contributed by atoms with Crippen LogP contribution in [0.15, 0.2) is 18.2 Å². The molecule has 8 heteroatoms. The van der Waals surface area contributed by atoms with Crippen molar-refractivity contribution in [2.24, 2.45) is 5.73 Å². The number of nitro groups is 1. The number of halogens is 1. The summed E-state index contributed by atoms with van der Waals surface area (Å²) in [5.41, 5.74) is 5.23. The van der Waals surface area contributed by atoms with Crippen molar-refractivity contribution in [3.8, 4) is 5.75 Å². The number of benzene rings is 1. The van der Waals surface area contributed by atoms with E-state index in [0.717, 1.165) is 0 Å². The molecule has 0 saturated carbocycles. The van der Waals surface area contributed by atoms with Gasteiger partial charge in [-0.05, 0) is 6.07 Å². The quantitative estimate of drug-likeness (QED) is 0.491. The second-order valence-corrected chi connectivity index (χ2v) is 3.07. The number of carbonyl (C=O) groups excluding carboxylic acids is 1. The lowest BCUT2D eigenvalue weighted by Crippen LogP contribution is -2.13. The highest BCUT2D eigenvalue weighted by atomic mass is 35.5. The molecule has 0 unspecified atom stereocenters. The van der Waals surface area contributed by atoms with Gasteiger partial charge in [0.05, 0.1) is 18.1 Å². The van der Waals surface area contributed by atoms with Gasteiger partial charge in [0.15, 0.2) is 0 Å². The third kappa shape index (κ3) is 3.86. The Morgan fingerprint density at radius 1 is 1.50 bits per heavy atom. The van der Waals surface area contributed by atoms with Gasteiger partial charge < -0.3 is 15.2 Å². The first-order valence-corrected chi connectivity index (χ1v) is 4.79. The molecular formula is C10H13ClN2O5. The Morgan fingerprint density at radius 2 is 2.17 bits per heavy atom. The Morgan fingerprint density at radius 3 is 2.67 bits per heavy atom. The number of hydrogen-bond acceptors (Lipinski definition) is 6. The van der Waals surface area contributed by atoms with Gasteiger partial charge in [-0.15, -0.1) is 12.4 Å². The number of non-ortho nitro benzene ring substituents is 1. The number of methoxy groups -OCH3 is 1. The summed E-state index contributed by atoms with van der Waals surface area (Å²) in [6.07, 6.45) is 0. The lowest BCUT2D eigenvalue weighted by Gasteiger charge is -2.08. The maximum absolute atomic E-state index is 11.4. The average Bonchev–Trinajstić information content (AvgIpc) is 2.34. The molecule has 1 rings (SSSR count). The molecule has 0 radical (unpaired) electrons. The van der Waals surface area contributed by atoms with Gasteiger partial charge in [0.1, 0.15) is 17.9 Å². The molecular weight excluding hydrogens is 264 g/mol. The zero-order valence-corrected chi connectivity index (χ0v) is 10.4. The van der Waals surface area contributed by atoms with Crippen molar-refractivity contribution in [3.63, 3.8) is 0 Å². The summed E-state index contributed by atoms with van der Waals surface area (Å²) >= 11 is 0. The van der Waals surface area contributed by atoms with E-state index in [1.807, 2.05) is 0 Å². The smallest absolute Gasteiger partial charge is 0.341 e. The van der Waals surface area contributed by atoms with Crippen LogP contribution in [-0.4, -0.2) is 31.2 Å². The predicted octanol–water partition coefficient (Wildman–Crippen LogP) is 1.14. The van der Waals surface area contributed by atoms with Crippen molar-refractivity contribution in [1.82, 2.24) is 0 Å². The number of ether oxygens (including phenoxy) is 2. The average molecular weight is 277 g/mol. The van der Waals surface area contributed by atoms with Crippen LogP contribution in [0.1, 0.15) is 10.4 Å². The SMILES string of the molecule is COC(=O)c1ccc([N+](=O)[O-])cc1OCCN.Cl. The molecule has 100 valence electrons. The standard InChI is InChI=1S/C10H12N2O5.ClH/c1-16-10(13)8-3-2-7(12(14)15)6-9(8)17-5-4-11;/h2-3,6H,4-5,11H2,1H3;1H. The van der Waals surface area contributed by atoms with Crippen molar-refractivity contribution in [2.75, 3.05) is 20.3 Å². The van der Waals surface area contributed by atoms with Gasteiger partial charge in [-0.25, -0.2) is 4.79 Å². The van der Waals surface area contributed by atoms with Gasteiger partial charge in [0.2, 0.25) is 0 Å². The lowest BCUT2D eigenvalue weighted by molar-refractivity contribution is -0.384. The van der Waals surface area contributed by atoms with Crippen LogP contribution in [0.25, 0.3) is 0 Å². The second kappa shape index (κ2) is 7.46. The number of hydrogen-bond donors (Lipinski definition) is 1. The van der Waals surface area contributed by atoms with Gasteiger partial charge in [-0.2, -0.15) is 0 Å². The highest BCUT2D eigenvalue weighted by molar-refractivity contribution is 5.92. The van der Waals surface area contributed by atoms with Crippen LogP contribution in [0.3, 0.4) is 0 Å². The van der Waals surface area contributed by atoms with Crippen molar-refractivity contribution < 1.29 is 19.2 Å². The monoisotopic (exact) mass is 276 g/mol. The van der Waals surface area contributed by atoms with Crippen LogP contribution in [0.2, 0.25) is 0 Å². The van der Waals surface area contributed by atoms with E-state index in [0.29, 0.717) is 0 Å². The Kier molecular flexibility index (Phi) is 6.69. The molecule has 7 nitrogen and oxygen atoms in total.